The van der Waals surface area contributed by atoms with E-state index in [2.05, 4.69) is 20.0 Å². The predicted octanol–water partition coefficient (Wildman–Crippen LogP) is 4.37. The summed E-state index contributed by atoms with van der Waals surface area (Å²) in [6.45, 7) is 3.63. The molecule has 4 rings (SSSR count). The van der Waals surface area contributed by atoms with Crippen LogP contribution < -0.4 is 14.8 Å². The number of pyridine rings is 1. The van der Waals surface area contributed by atoms with Gasteiger partial charge in [0.25, 0.3) is 0 Å². The molecule has 0 aliphatic heterocycles. The number of benzene rings is 1. The molecule has 1 amide bonds. The number of anilines is 2. The minimum absolute atomic E-state index is 0.208. The van der Waals surface area contributed by atoms with Crippen LogP contribution in [0.3, 0.4) is 0 Å². The highest BCUT2D eigenvalue weighted by Crippen LogP contribution is 2.35. The van der Waals surface area contributed by atoms with Crippen LogP contribution in [0, 0.1) is 0 Å². The number of nitrogens with one attached hydrogen (secondary N) is 2. The summed E-state index contributed by atoms with van der Waals surface area (Å²) < 4.78 is 20.5. The van der Waals surface area contributed by atoms with Gasteiger partial charge in [-0.1, -0.05) is 12.1 Å². The van der Waals surface area contributed by atoms with E-state index >= 15 is 0 Å². The lowest BCUT2D eigenvalue weighted by molar-refractivity contribution is -0.120. The number of methoxy groups -OCH3 is 1. The number of amides is 1. The Morgan fingerprint density at radius 3 is 2.77 bits per heavy atom. The van der Waals surface area contributed by atoms with Gasteiger partial charge < -0.3 is 14.6 Å². The summed E-state index contributed by atoms with van der Waals surface area (Å²) in [7, 11) is 1.57. The van der Waals surface area contributed by atoms with Crippen molar-refractivity contribution in [3.05, 3.63) is 53.8 Å². The maximum Gasteiger partial charge on any atom is 0.236 e. The number of hydrogen-bond acceptors (Lipinski definition) is 7. The van der Waals surface area contributed by atoms with E-state index in [-0.39, 0.29) is 11.2 Å². The van der Waals surface area contributed by atoms with Gasteiger partial charge >= 0.3 is 0 Å². The van der Waals surface area contributed by atoms with E-state index in [1.54, 1.807) is 19.5 Å². The van der Waals surface area contributed by atoms with Gasteiger partial charge in [-0.25, -0.2) is 4.98 Å². The molecule has 162 valence electrons. The van der Waals surface area contributed by atoms with Crippen molar-refractivity contribution in [1.82, 2.24) is 9.97 Å². The van der Waals surface area contributed by atoms with E-state index in [1.165, 1.54) is 11.3 Å². The number of thiazole rings is 1. The second kappa shape index (κ2) is 8.86. The monoisotopic (exact) mass is 456 g/mol. The molecular weight excluding hydrogens is 432 g/mol. The third-order valence-corrected chi connectivity index (χ3v) is 7.53. The molecule has 0 radical (unpaired) electrons. The molecule has 7 nitrogen and oxygen atoms in total. The van der Waals surface area contributed by atoms with Crippen molar-refractivity contribution < 1.29 is 14.1 Å². The van der Waals surface area contributed by atoms with Gasteiger partial charge in [0.05, 0.1) is 35.3 Å². The maximum absolute atomic E-state index is 13.1. The Morgan fingerprint density at radius 2 is 2.10 bits per heavy atom. The summed E-state index contributed by atoms with van der Waals surface area (Å²) in [5.41, 5.74) is 2.23. The topological polar surface area (TPSA) is 99.2 Å². The fraction of sp³-hybridized carbons (Fsp3) is 0.318. The Bertz CT molecular complexity index is 1070. The van der Waals surface area contributed by atoms with Crippen molar-refractivity contribution in [2.45, 2.75) is 37.4 Å². The predicted molar refractivity (Wildman–Crippen MR) is 125 cm³/mol. The zero-order valence-corrected chi connectivity index (χ0v) is 19.2. The molecule has 2 aromatic heterocycles. The molecule has 1 saturated carbocycles. The van der Waals surface area contributed by atoms with Gasteiger partial charge in [0, 0.05) is 36.2 Å². The average Bonchev–Trinajstić information content (AvgIpc) is 3.53. The van der Waals surface area contributed by atoms with Crippen molar-refractivity contribution in [2.24, 2.45) is 0 Å². The minimum atomic E-state index is -1.11. The average molecular weight is 457 g/mol. The van der Waals surface area contributed by atoms with Crippen LogP contribution in [-0.4, -0.2) is 32.8 Å². The number of rotatable bonds is 8. The number of carbonyl (C=O) groups excluding carboxylic acids is 1. The van der Waals surface area contributed by atoms with Crippen LogP contribution in [0.5, 0.6) is 5.75 Å². The molecule has 9 heteroatoms. The Kier molecular flexibility index (Phi) is 6.17. The molecule has 1 aliphatic rings. The number of hydrogen-bond donors (Lipinski definition) is 2. The van der Waals surface area contributed by atoms with E-state index in [0.717, 1.165) is 24.0 Å². The van der Waals surface area contributed by atoms with Gasteiger partial charge in [-0.2, -0.15) is 4.72 Å². The molecule has 1 atom stereocenters. The van der Waals surface area contributed by atoms with Crippen LogP contribution >= 0.6 is 11.3 Å². The van der Waals surface area contributed by atoms with Crippen molar-refractivity contribution in [2.75, 3.05) is 17.1 Å². The van der Waals surface area contributed by atoms with E-state index in [9.17, 15) is 9.35 Å². The minimum Gasteiger partial charge on any atom is -0.593 e. The number of carbonyl (C=O) groups is 1. The second-order valence-corrected chi connectivity index (χ2v) is 10.2. The van der Waals surface area contributed by atoms with Crippen LogP contribution in [0.1, 0.15) is 32.4 Å². The van der Waals surface area contributed by atoms with Gasteiger partial charge in [0.1, 0.15) is 11.0 Å². The lowest BCUT2D eigenvalue weighted by atomic mass is 9.89. The fourth-order valence-electron chi connectivity index (χ4n) is 2.96. The lowest BCUT2D eigenvalue weighted by Gasteiger charge is -2.22. The zero-order chi connectivity index (χ0) is 22.0. The third-order valence-electron chi connectivity index (χ3n) is 5.17. The molecule has 31 heavy (non-hydrogen) atoms. The highest BCUT2D eigenvalue weighted by Gasteiger charge is 2.37. The normalized spacial score (nSPS) is 14.7. The Morgan fingerprint density at radius 1 is 1.29 bits per heavy atom. The quantitative estimate of drug-likeness (QED) is 0.489. The molecule has 3 aromatic rings. The summed E-state index contributed by atoms with van der Waals surface area (Å²) in [6, 6.07) is 9.45. The number of ether oxygens (including phenoxy) is 1. The molecule has 0 bridgehead atoms. The largest absolute Gasteiger partial charge is 0.593 e. The van der Waals surface area contributed by atoms with Crippen LogP contribution in [0.4, 0.5) is 10.8 Å². The lowest BCUT2D eigenvalue weighted by Crippen LogP contribution is -2.35. The summed E-state index contributed by atoms with van der Waals surface area (Å²) >= 11 is 0.242. The van der Waals surface area contributed by atoms with E-state index in [1.807, 2.05) is 49.6 Å². The standard InChI is InChI=1S/C22H24N4O3S2/c1-22(2,19-13-30-21(25-19)26-31(28)16-7-8-16)20(27)24-17-9-6-14(11-18(17)29-3)15-5-4-10-23-12-15/h4-6,9-13,16H,7-8H2,1-3H3,(H,24,27)(H,25,26). The highest BCUT2D eigenvalue weighted by atomic mass is 32.2. The van der Waals surface area contributed by atoms with Crippen LogP contribution in [0.15, 0.2) is 48.1 Å². The molecule has 0 saturated heterocycles. The SMILES string of the molecule is COc1cc(-c2cccnc2)ccc1NC(=O)C(C)(C)c1csc(N[S+]([O-])C2CC2)n1. The first kappa shape index (κ1) is 21.6. The number of nitrogens with zero attached hydrogens (tertiary/aromatic N) is 2. The first-order valence-corrected chi connectivity index (χ1v) is 12.0. The van der Waals surface area contributed by atoms with Gasteiger partial charge in [-0.3, -0.25) is 9.78 Å². The Labute approximate surface area is 188 Å². The first-order chi connectivity index (χ1) is 14.9. The molecule has 2 N–H and O–H groups in total. The second-order valence-electron chi connectivity index (χ2n) is 7.87. The molecule has 1 aliphatic carbocycles. The van der Waals surface area contributed by atoms with Gasteiger partial charge in [0.2, 0.25) is 11.0 Å². The molecular formula is C22H24N4O3S2. The smallest absolute Gasteiger partial charge is 0.236 e. The summed E-state index contributed by atoms with van der Waals surface area (Å²) in [4.78, 5) is 21.8. The highest BCUT2D eigenvalue weighted by molar-refractivity contribution is 7.93. The Hall–Kier alpha value is -2.62. The van der Waals surface area contributed by atoms with E-state index < -0.39 is 16.8 Å². The van der Waals surface area contributed by atoms with Crippen molar-refractivity contribution in [1.29, 1.82) is 0 Å². The van der Waals surface area contributed by atoms with Crippen molar-refractivity contribution >= 4 is 39.4 Å². The third kappa shape index (κ3) is 4.84. The maximum atomic E-state index is 13.1. The van der Waals surface area contributed by atoms with Crippen LogP contribution in [0.25, 0.3) is 11.1 Å². The summed E-state index contributed by atoms with van der Waals surface area (Å²) in [6.07, 6.45) is 5.46. The van der Waals surface area contributed by atoms with Gasteiger partial charge in [-0.15, -0.1) is 11.3 Å². The van der Waals surface area contributed by atoms with Crippen LogP contribution in [-0.2, 0) is 21.6 Å². The molecule has 0 spiro atoms. The summed E-state index contributed by atoms with van der Waals surface area (Å²) in [5, 5.41) is 5.57. The van der Waals surface area contributed by atoms with Gasteiger partial charge in [0.15, 0.2) is 0 Å². The first-order valence-electron chi connectivity index (χ1n) is 9.91. The van der Waals surface area contributed by atoms with E-state index in [4.69, 9.17) is 4.74 Å². The fourth-order valence-corrected chi connectivity index (χ4v) is 5.07. The van der Waals surface area contributed by atoms with Crippen LogP contribution in [0.2, 0.25) is 0 Å². The van der Waals surface area contributed by atoms with Crippen molar-refractivity contribution in [3.63, 3.8) is 0 Å². The van der Waals surface area contributed by atoms with Crippen molar-refractivity contribution in [3.8, 4) is 16.9 Å². The molecule has 2 heterocycles. The number of aromatic nitrogens is 2. The zero-order valence-electron chi connectivity index (χ0n) is 17.5. The van der Waals surface area contributed by atoms with Gasteiger partial charge in [-0.05, 0) is 37.6 Å². The summed E-state index contributed by atoms with van der Waals surface area (Å²) in [5.74, 6) is 0.353. The molecule has 1 aromatic carbocycles. The Balaban J connectivity index is 1.49. The molecule has 1 fully saturated rings. The molecule has 1 unspecified atom stereocenters. The van der Waals surface area contributed by atoms with E-state index in [0.29, 0.717) is 22.3 Å².